The smallest absolute Gasteiger partial charge is 0.307 e. The van der Waals surface area contributed by atoms with Gasteiger partial charge in [0.15, 0.2) is 0 Å². The van der Waals surface area contributed by atoms with Crippen molar-refractivity contribution in [3.63, 3.8) is 0 Å². The highest BCUT2D eigenvalue weighted by molar-refractivity contribution is 7.17. The van der Waals surface area contributed by atoms with Crippen LogP contribution < -0.4 is 4.74 Å². The molecule has 0 N–H and O–H groups in total. The monoisotopic (exact) mass is 517 g/mol. The third kappa shape index (κ3) is 6.20. The maximum Gasteiger partial charge on any atom is 0.307 e. The molecule has 0 saturated heterocycles. The van der Waals surface area contributed by atoms with Gasteiger partial charge in [-0.15, -0.1) is 10.2 Å². The van der Waals surface area contributed by atoms with E-state index >= 15 is 0 Å². The molecule has 4 rings (SSSR count). The fourth-order valence-electron chi connectivity index (χ4n) is 3.93. The molecule has 35 heavy (non-hydrogen) atoms. The minimum atomic E-state index is -0.137. The predicted octanol–water partition coefficient (Wildman–Crippen LogP) is 5.09. The number of benzene rings is 1. The van der Waals surface area contributed by atoms with E-state index < -0.39 is 0 Å². The fourth-order valence-corrected chi connectivity index (χ4v) is 5.00. The summed E-state index contributed by atoms with van der Waals surface area (Å²) in [7, 11) is 0. The molecule has 0 atom stereocenters. The number of fused-ring (bicyclic) bond motifs is 1. The molecule has 1 aliphatic rings. The minimum Gasteiger partial charge on any atom is -0.489 e. The number of halogens is 1. The van der Waals surface area contributed by atoms with Gasteiger partial charge in [0.25, 0.3) is 0 Å². The standard InChI is InChI=1S/C25H32ClN5O3S/c1-15(2)14-33-23(32)9-11-30-10-8-21-19(13-30)17(5)31(29-21)25-28-27-24(35-25)18-6-7-22(20(26)12-18)34-16(3)4/h6-7,12,15-16H,8-11,13-14H2,1-5H3. The fraction of sp³-hybridized carbons (Fsp3) is 0.520. The van der Waals surface area contributed by atoms with Crippen molar-refractivity contribution < 1.29 is 14.3 Å². The quantitative estimate of drug-likeness (QED) is 0.366. The van der Waals surface area contributed by atoms with Crippen LogP contribution in [0.25, 0.3) is 15.7 Å². The van der Waals surface area contributed by atoms with Gasteiger partial charge in [-0.05, 0) is 44.9 Å². The zero-order valence-corrected chi connectivity index (χ0v) is 22.4. The molecule has 0 fully saturated rings. The first kappa shape index (κ1) is 25.6. The normalized spacial score (nSPS) is 13.9. The van der Waals surface area contributed by atoms with Gasteiger partial charge in [-0.25, -0.2) is 4.68 Å². The van der Waals surface area contributed by atoms with Crippen LogP contribution in [0.2, 0.25) is 5.02 Å². The Morgan fingerprint density at radius 3 is 2.74 bits per heavy atom. The van der Waals surface area contributed by atoms with E-state index in [-0.39, 0.29) is 12.1 Å². The van der Waals surface area contributed by atoms with Gasteiger partial charge < -0.3 is 9.47 Å². The zero-order valence-electron chi connectivity index (χ0n) is 20.9. The molecule has 0 amide bonds. The van der Waals surface area contributed by atoms with Gasteiger partial charge in [-0.1, -0.05) is 36.8 Å². The van der Waals surface area contributed by atoms with Crippen molar-refractivity contribution >= 4 is 28.9 Å². The average molecular weight is 518 g/mol. The van der Waals surface area contributed by atoms with Crippen molar-refractivity contribution in [2.24, 2.45) is 5.92 Å². The lowest BCUT2D eigenvalue weighted by atomic mass is 10.1. The van der Waals surface area contributed by atoms with Gasteiger partial charge in [-0.3, -0.25) is 9.69 Å². The molecule has 188 valence electrons. The molecule has 0 aliphatic carbocycles. The van der Waals surface area contributed by atoms with Gasteiger partial charge in [0.2, 0.25) is 5.13 Å². The second-order valence-corrected chi connectivity index (χ2v) is 10.8. The van der Waals surface area contributed by atoms with Crippen LogP contribution in [0, 0.1) is 12.8 Å². The molecule has 0 spiro atoms. The first-order valence-corrected chi connectivity index (χ1v) is 13.2. The zero-order chi connectivity index (χ0) is 25.1. The summed E-state index contributed by atoms with van der Waals surface area (Å²) >= 11 is 7.88. The van der Waals surface area contributed by atoms with E-state index in [0.29, 0.717) is 41.4 Å². The van der Waals surface area contributed by atoms with Crippen LogP contribution in [-0.4, -0.2) is 56.6 Å². The Morgan fingerprint density at radius 1 is 1.23 bits per heavy atom. The molecule has 3 aromatic rings. The van der Waals surface area contributed by atoms with E-state index in [1.54, 1.807) is 0 Å². The Bertz CT molecular complexity index is 1190. The van der Waals surface area contributed by atoms with Gasteiger partial charge in [0.1, 0.15) is 10.8 Å². The summed E-state index contributed by atoms with van der Waals surface area (Å²) in [6.45, 7) is 12.8. The number of hydrogen-bond acceptors (Lipinski definition) is 8. The van der Waals surface area contributed by atoms with Crippen LogP contribution in [-0.2, 0) is 22.5 Å². The molecule has 1 aromatic carbocycles. The molecular weight excluding hydrogens is 486 g/mol. The van der Waals surface area contributed by atoms with E-state index in [2.05, 4.69) is 22.0 Å². The summed E-state index contributed by atoms with van der Waals surface area (Å²) in [5.74, 6) is 0.867. The molecule has 0 radical (unpaired) electrons. The molecule has 10 heteroatoms. The summed E-state index contributed by atoms with van der Waals surface area (Å²) in [4.78, 5) is 14.3. The van der Waals surface area contributed by atoms with Crippen LogP contribution >= 0.6 is 22.9 Å². The van der Waals surface area contributed by atoms with E-state index in [0.717, 1.165) is 41.5 Å². The summed E-state index contributed by atoms with van der Waals surface area (Å²) < 4.78 is 12.9. The summed E-state index contributed by atoms with van der Waals surface area (Å²) in [5.41, 5.74) is 4.21. The Kier molecular flexibility index (Phi) is 8.09. The van der Waals surface area contributed by atoms with Crippen LogP contribution in [0.15, 0.2) is 18.2 Å². The maximum absolute atomic E-state index is 12.0. The van der Waals surface area contributed by atoms with Crippen LogP contribution in [0.5, 0.6) is 5.75 Å². The van der Waals surface area contributed by atoms with Crippen molar-refractivity contribution in [1.82, 2.24) is 24.9 Å². The highest BCUT2D eigenvalue weighted by atomic mass is 35.5. The summed E-state index contributed by atoms with van der Waals surface area (Å²) in [6.07, 6.45) is 1.29. The summed E-state index contributed by atoms with van der Waals surface area (Å²) in [6, 6.07) is 5.66. The number of nitrogens with zero attached hydrogens (tertiary/aromatic N) is 5. The number of hydrogen-bond donors (Lipinski definition) is 0. The lowest BCUT2D eigenvalue weighted by molar-refractivity contribution is -0.145. The SMILES string of the molecule is Cc1c2c(nn1-c1nnc(-c3ccc(OC(C)C)c(Cl)c3)s1)CCN(CCC(=O)OCC(C)C)C2. The topological polar surface area (TPSA) is 82.4 Å². The minimum absolute atomic E-state index is 0.0509. The van der Waals surface area contributed by atoms with E-state index in [1.165, 1.54) is 16.9 Å². The molecule has 0 bridgehead atoms. The number of aromatic nitrogens is 4. The number of ether oxygens (including phenoxy) is 2. The van der Waals surface area contributed by atoms with Crippen LogP contribution in [0.4, 0.5) is 0 Å². The Balaban J connectivity index is 1.44. The second kappa shape index (κ2) is 11.1. The van der Waals surface area contributed by atoms with Gasteiger partial charge in [0, 0.05) is 42.9 Å². The van der Waals surface area contributed by atoms with Crippen molar-refractivity contribution in [1.29, 1.82) is 0 Å². The third-order valence-corrected chi connectivity index (χ3v) is 6.96. The second-order valence-electron chi connectivity index (χ2n) is 9.48. The predicted molar refractivity (Wildman–Crippen MR) is 137 cm³/mol. The Morgan fingerprint density at radius 2 is 2.03 bits per heavy atom. The lowest BCUT2D eigenvalue weighted by Gasteiger charge is -2.26. The molecule has 3 heterocycles. The Hall–Kier alpha value is -2.49. The number of carbonyl (C=O) groups is 1. The maximum atomic E-state index is 12.0. The molecule has 0 saturated carbocycles. The first-order valence-electron chi connectivity index (χ1n) is 12.0. The van der Waals surface area contributed by atoms with Crippen LogP contribution in [0.3, 0.4) is 0 Å². The Labute approximate surface area is 215 Å². The largest absolute Gasteiger partial charge is 0.489 e. The molecule has 8 nitrogen and oxygen atoms in total. The highest BCUT2D eigenvalue weighted by Gasteiger charge is 2.25. The summed E-state index contributed by atoms with van der Waals surface area (Å²) in [5, 5.41) is 15.6. The molecular formula is C25H32ClN5O3S. The van der Waals surface area contributed by atoms with E-state index in [4.69, 9.17) is 26.2 Å². The van der Waals surface area contributed by atoms with Crippen molar-refractivity contribution in [3.05, 3.63) is 40.2 Å². The van der Waals surface area contributed by atoms with Crippen LogP contribution in [0.1, 0.15) is 51.1 Å². The number of esters is 1. The van der Waals surface area contributed by atoms with Crippen molar-refractivity contribution in [3.8, 4) is 21.5 Å². The number of rotatable bonds is 9. The first-order chi connectivity index (χ1) is 16.7. The van der Waals surface area contributed by atoms with Gasteiger partial charge >= 0.3 is 5.97 Å². The molecule has 1 aliphatic heterocycles. The van der Waals surface area contributed by atoms with Crippen molar-refractivity contribution in [2.75, 3.05) is 19.7 Å². The van der Waals surface area contributed by atoms with Crippen molar-refractivity contribution in [2.45, 2.75) is 60.1 Å². The highest BCUT2D eigenvalue weighted by Crippen LogP contribution is 2.34. The number of carbonyl (C=O) groups excluding carboxylic acids is 1. The van der Waals surface area contributed by atoms with E-state index in [9.17, 15) is 4.79 Å². The van der Waals surface area contributed by atoms with Gasteiger partial charge in [-0.2, -0.15) is 5.10 Å². The van der Waals surface area contributed by atoms with E-state index in [1.807, 2.05) is 50.6 Å². The van der Waals surface area contributed by atoms with Gasteiger partial charge in [0.05, 0.1) is 29.8 Å². The molecule has 0 unspecified atom stereocenters. The molecule has 2 aromatic heterocycles. The average Bonchev–Trinajstić information content (AvgIpc) is 3.42. The lowest BCUT2D eigenvalue weighted by Crippen LogP contribution is -2.32. The third-order valence-electron chi connectivity index (χ3n) is 5.72.